The maximum atomic E-state index is 12.7. The highest BCUT2D eigenvalue weighted by atomic mass is 32.2. The minimum absolute atomic E-state index is 0.0695. The number of ether oxygens (including phenoxy) is 4. The molecule has 4 rings (SSSR count). The standard InChI is InChI=1S/C26H26N2O7S/c1-3-12-33-19-7-4-17(13-21(19)32-2)6-9-24(29)27-10-11-28-25(30)23(36-26(28)31)15-18-5-8-20-22(14-18)35-16-34-20/h4-9,13-15H,3,10-12,16H2,1-2H3,(H,27,29). The zero-order valence-electron chi connectivity index (χ0n) is 19.9. The Hall–Kier alpha value is -3.92. The molecule has 0 aromatic heterocycles. The van der Waals surface area contributed by atoms with Crippen LogP contribution >= 0.6 is 11.8 Å². The van der Waals surface area contributed by atoms with Gasteiger partial charge in [0, 0.05) is 19.2 Å². The quantitative estimate of drug-likeness (QED) is 0.477. The molecule has 2 aromatic rings. The highest BCUT2D eigenvalue weighted by Crippen LogP contribution is 2.36. The highest BCUT2D eigenvalue weighted by molar-refractivity contribution is 8.18. The summed E-state index contributed by atoms with van der Waals surface area (Å²) in [6.45, 7) is 2.97. The van der Waals surface area contributed by atoms with E-state index in [4.69, 9.17) is 18.9 Å². The molecular weight excluding hydrogens is 484 g/mol. The largest absolute Gasteiger partial charge is 0.493 e. The van der Waals surface area contributed by atoms with E-state index in [-0.39, 0.29) is 31.0 Å². The molecule has 1 saturated heterocycles. The molecule has 2 aromatic carbocycles. The van der Waals surface area contributed by atoms with Gasteiger partial charge < -0.3 is 24.3 Å². The van der Waals surface area contributed by atoms with Crippen molar-refractivity contribution in [3.05, 3.63) is 58.5 Å². The van der Waals surface area contributed by atoms with E-state index in [2.05, 4.69) is 5.32 Å². The molecule has 1 N–H and O–H groups in total. The van der Waals surface area contributed by atoms with Crippen LogP contribution in [0.3, 0.4) is 0 Å². The maximum absolute atomic E-state index is 12.7. The molecule has 0 saturated carbocycles. The van der Waals surface area contributed by atoms with E-state index in [0.29, 0.717) is 34.5 Å². The Morgan fingerprint density at radius 2 is 1.92 bits per heavy atom. The fraction of sp³-hybridized carbons (Fsp3) is 0.269. The number of hydrogen-bond donors (Lipinski definition) is 1. The first-order valence-electron chi connectivity index (χ1n) is 11.4. The SMILES string of the molecule is CCCOc1ccc(C=CC(=O)NCCN2C(=O)SC(=Cc3ccc4c(c3)OCO4)C2=O)cc1OC. The van der Waals surface area contributed by atoms with Gasteiger partial charge in [-0.15, -0.1) is 0 Å². The zero-order valence-corrected chi connectivity index (χ0v) is 20.8. The topological polar surface area (TPSA) is 103 Å². The first kappa shape index (κ1) is 25.2. The van der Waals surface area contributed by atoms with Gasteiger partial charge in [0.1, 0.15) is 0 Å². The summed E-state index contributed by atoms with van der Waals surface area (Å²) in [5.74, 6) is 1.72. The number of benzene rings is 2. The summed E-state index contributed by atoms with van der Waals surface area (Å²) >= 11 is 0.863. The number of imide groups is 1. The Morgan fingerprint density at radius 1 is 1.11 bits per heavy atom. The van der Waals surface area contributed by atoms with Crippen LogP contribution in [0, 0.1) is 0 Å². The van der Waals surface area contributed by atoms with Gasteiger partial charge in [0.2, 0.25) is 12.7 Å². The van der Waals surface area contributed by atoms with E-state index >= 15 is 0 Å². The summed E-state index contributed by atoms with van der Waals surface area (Å²) in [7, 11) is 1.56. The fourth-order valence-electron chi connectivity index (χ4n) is 3.49. The summed E-state index contributed by atoms with van der Waals surface area (Å²) in [5, 5.41) is 2.31. The van der Waals surface area contributed by atoms with Crippen LogP contribution in [0.4, 0.5) is 4.79 Å². The smallest absolute Gasteiger partial charge is 0.293 e. The molecule has 2 heterocycles. The van der Waals surface area contributed by atoms with Crippen LogP contribution in [0.1, 0.15) is 24.5 Å². The lowest BCUT2D eigenvalue weighted by molar-refractivity contribution is -0.123. The second kappa shape index (κ2) is 11.7. The molecule has 0 unspecified atom stereocenters. The van der Waals surface area contributed by atoms with Gasteiger partial charge in [0.25, 0.3) is 11.1 Å². The molecule has 3 amide bonds. The first-order valence-corrected chi connectivity index (χ1v) is 12.2. The van der Waals surface area contributed by atoms with Crippen LogP contribution < -0.4 is 24.3 Å². The number of fused-ring (bicyclic) bond motifs is 1. The lowest BCUT2D eigenvalue weighted by Gasteiger charge is -2.12. The van der Waals surface area contributed by atoms with Gasteiger partial charge in [0.15, 0.2) is 23.0 Å². The van der Waals surface area contributed by atoms with Crippen LogP contribution in [-0.4, -0.2) is 55.6 Å². The van der Waals surface area contributed by atoms with Gasteiger partial charge in [-0.3, -0.25) is 19.3 Å². The predicted octanol–water partition coefficient (Wildman–Crippen LogP) is 4.08. The van der Waals surface area contributed by atoms with Gasteiger partial charge in [-0.25, -0.2) is 0 Å². The number of amides is 3. The Kier molecular flexibility index (Phi) is 8.17. The van der Waals surface area contributed by atoms with Crippen molar-refractivity contribution in [1.29, 1.82) is 0 Å². The molecule has 0 radical (unpaired) electrons. The van der Waals surface area contributed by atoms with E-state index in [9.17, 15) is 14.4 Å². The van der Waals surface area contributed by atoms with Gasteiger partial charge in [-0.05, 0) is 65.7 Å². The monoisotopic (exact) mass is 510 g/mol. The predicted molar refractivity (Wildman–Crippen MR) is 136 cm³/mol. The molecule has 9 nitrogen and oxygen atoms in total. The van der Waals surface area contributed by atoms with E-state index in [1.807, 2.05) is 13.0 Å². The molecular formula is C26H26N2O7S. The second-order valence-electron chi connectivity index (χ2n) is 7.83. The molecule has 0 spiro atoms. The Labute approximate surface area is 213 Å². The molecule has 2 aliphatic rings. The van der Waals surface area contributed by atoms with Crippen molar-refractivity contribution in [1.82, 2.24) is 10.2 Å². The van der Waals surface area contributed by atoms with Crippen LogP contribution in [0.2, 0.25) is 0 Å². The van der Waals surface area contributed by atoms with Gasteiger partial charge in [-0.1, -0.05) is 19.1 Å². The molecule has 2 aliphatic heterocycles. The number of carbonyl (C=O) groups excluding carboxylic acids is 3. The van der Waals surface area contributed by atoms with Gasteiger partial charge >= 0.3 is 0 Å². The lowest BCUT2D eigenvalue weighted by Crippen LogP contribution is -2.36. The third kappa shape index (κ3) is 6.01. The van der Waals surface area contributed by atoms with E-state index < -0.39 is 5.91 Å². The van der Waals surface area contributed by atoms with E-state index in [1.54, 1.807) is 49.6 Å². The summed E-state index contributed by atoms with van der Waals surface area (Å²) < 4.78 is 21.6. The Balaban J connectivity index is 1.29. The van der Waals surface area contributed by atoms with Crippen molar-refractivity contribution in [2.75, 3.05) is 33.6 Å². The average molecular weight is 511 g/mol. The molecule has 0 bridgehead atoms. The minimum atomic E-state index is -0.398. The Morgan fingerprint density at radius 3 is 2.72 bits per heavy atom. The third-order valence-electron chi connectivity index (χ3n) is 5.28. The van der Waals surface area contributed by atoms with Crippen molar-refractivity contribution in [3.63, 3.8) is 0 Å². The maximum Gasteiger partial charge on any atom is 0.293 e. The van der Waals surface area contributed by atoms with E-state index in [1.165, 1.54) is 6.08 Å². The number of rotatable bonds is 10. The second-order valence-corrected chi connectivity index (χ2v) is 8.82. The van der Waals surface area contributed by atoms with Crippen LogP contribution in [0.15, 0.2) is 47.4 Å². The van der Waals surface area contributed by atoms with Crippen molar-refractivity contribution in [2.45, 2.75) is 13.3 Å². The number of hydrogen-bond acceptors (Lipinski definition) is 8. The average Bonchev–Trinajstić information content (AvgIpc) is 3.45. The minimum Gasteiger partial charge on any atom is -0.493 e. The van der Waals surface area contributed by atoms with Crippen molar-refractivity contribution in [2.24, 2.45) is 0 Å². The Bertz CT molecular complexity index is 1220. The highest BCUT2D eigenvalue weighted by Gasteiger charge is 2.34. The number of carbonyl (C=O) groups is 3. The van der Waals surface area contributed by atoms with Crippen molar-refractivity contribution in [3.8, 4) is 23.0 Å². The third-order valence-corrected chi connectivity index (χ3v) is 6.19. The molecule has 1 fully saturated rings. The molecule has 10 heteroatoms. The summed E-state index contributed by atoms with van der Waals surface area (Å²) in [4.78, 5) is 38.7. The van der Waals surface area contributed by atoms with Crippen molar-refractivity contribution >= 4 is 41.0 Å². The normalized spacial score (nSPS) is 15.7. The summed E-state index contributed by atoms with van der Waals surface area (Å²) in [6.07, 6.45) is 5.56. The van der Waals surface area contributed by atoms with Crippen molar-refractivity contribution < 1.29 is 33.3 Å². The van der Waals surface area contributed by atoms with Gasteiger partial charge in [-0.2, -0.15) is 0 Å². The summed E-state index contributed by atoms with van der Waals surface area (Å²) in [5.41, 5.74) is 1.50. The number of nitrogens with one attached hydrogen (secondary N) is 1. The number of thioether (sulfide) groups is 1. The van der Waals surface area contributed by atoms with Crippen LogP contribution in [-0.2, 0) is 9.59 Å². The number of nitrogens with zero attached hydrogens (tertiary/aromatic N) is 1. The number of methoxy groups -OCH3 is 1. The van der Waals surface area contributed by atoms with Gasteiger partial charge in [0.05, 0.1) is 18.6 Å². The first-order chi connectivity index (χ1) is 17.5. The molecule has 188 valence electrons. The summed E-state index contributed by atoms with van der Waals surface area (Å²) in [6, 6.07) is 10.7. The van der Waals surface area contributed by atoms with Crippen LogP contribution in [0.5, 0.6) is 23.0 Å². The molecule has 0 aliphatic carbocycles. The molecule has 36 heavy (non-hydrogen) atoms. The lowest BCUT2D eigenvalue weighted by atomic mass is 10.2. The fourth-order valence-corrected chi connectivity index (χ4v) is 4.35. The molecule has 0 atom stereocenters. The zero-order chi connectivity index (χ0) is 25.5. The van der Waals surface area contributed by atoms with Crippen LogP contribution in [0.25, 0.3) is 12.2 Å². The van der Waals surface area contributed by atoms with E-state index in [0.717, 1.165) is 34.2 Å².